The highest BCUT2D eigenvalue weighted by atomic mass is 35.5. The number of aromatic nitrogens is 2. The summed E-state index contributed by atoms with van der Waals surface area (Å²) < 4.78 is 6.86. The first-order chi connectivity index (χ1) is 8.10. The maximum Gasteiger partial charge on any atom is 0.134 e. The average Bonchev–Trinajstić information content (AvgIpc) is 2.53. The lowest BCUT2D eigenvalue weighted by Crippen LogP contribution is -2.02. The van der Waals surface area contributed by atoms with Crippen LogP contribution in [0.4, 0.5) is 0 Å². The Labute approximate surface area is 107 Å². The minimum absolute atomic E-state index is 0.602. The van der Waals surface area contributed by atoms with Gasteiger partial charge in [-0.25, -0.2) is 0 Å². The van der Waals surface area contributed by atoms with Gasteiger partial charge in [0.25, 0.3) is 0 Å². The van der Waals surface area contributed by atoms with E-state index in [1.54, 1.807) is 11.8 Å². The largest absolute Gasteiger partial charge is 0.380 e. The topological polar surface area (TPSA) is 53.1 Å². The highest BCUT2D eigenvalue weighted by molar-refractivity contribution is 6.31. The van der Waals surface area contributed by atoms with E-state index in [-0.39, 0.29) is 0 Å². The summed E-state index contributed by atoms with van der Waals surface area (Å²) in [5, 5.41) is 4.94. The van der Waals surface area contributed by atoms with Gasteiger partial charge in [-0.15, -0.1) is 0 Å². The molecule has 0 atom stereocenters. The fourth-order valence-electron chi connectivity index (χ4n) is 1.72. The van der Waals surface area contributed by atoms with E-state index in [2.05, 4.69) is 11.2 Å². The lowest BCUT2D eigenvalue weighted by atomic mass is 10.1. The number of nitrogens with zero attached hydrogens (tertiary/aromatic N) is 2. The van der Waals surface area contributed by atoms with Gasteiger partial charge in [0.05, 0.1) is 12.3 Å². The Bertz CT molecular complexity index is 399. The molecule has 0 bridgehead atoms. The number of aryl methyl sites for hydroxylation is 2. The maximum atomic E-state index is 6.18. The Morgan fingerprint density at radius 2 is 2.29 bits per heavy atom. The van der Waals surface area contributed by atoms with Crippen LogP contribution in [-0.4, -0.2) is 30.0 Å². The SMILES string of the molecule is COCC(=Cc1c(C)nn(C)c1Cl)CCCN. The normalized spacial score (nSPS) is 12.2. The van der Waals surface area contributed by atoms with Crippen LogP contribution in [0.3, 0.4) is 0 Å². The number of ether oxygens (including phenoxy) is 1. The van der Waals surface area contributed by atoms with Gasteiger partial charge in [0, 0.05) is 19.7 Å². The van der Waals surface area contributed by atoms with Crippen LogP contribution in [0.1, 0.15) is 24.1 Å². The van der Waals surface area contributed by atoms with E-state index in [9.17, 15) is 0 Å². The van der Waals surface area contributed by atoms with Crippen LogP contribution in [0.2, 0.25) is 5.15 Å². The van der Waals surface area contributed by atoms with Gasteiger partial charge in [-0.05, 0) is 38.0 Å². The first kappa shape index (κ1) is 14.2. The van der Waals surface area contributed by atoms with Gasteiger partial charge >= 0.3 is 0 Å². The quantitative estimate of drug-likeness (QED) is 0.850. The fraction of sp³-hybridized carbons (Fsp3) is 0.583. The predicted molar refractivity (Wildman–Crippen MR) is 71.1 cm³/mol. The minimum atomic E-state index is 0.602. The highest BCUT2D eigenvalue weighted by Crippen LogP contribution is 2.22. The molecular weight excluding hydrogens is 238 g/mol. The Hall–Kier alpha value is -0.840. The van der Waals surface area contributed by atoms with E-state index in [4.69, 9.17) is 22.1 Å². The molecule has 1 heterocycles. The molecule has 0 aromatic carbocycles. The van der Waals surface area contributed by atoms with Crippen LogP contribution < -0.4 is 5.73 Å². The molecule has 0 spiro atoms. The minimum Gasteiger partial charge on any atom is -0.380 e. The van der Waals surface area contributed by atoms with Gasteiger partial charge in [-0.1, -0.05) is 11.6 Å². The molecule has 1 rings (SSSR count). The van der Waals surface area contributed by atoms with E-state index in [1.807, 2.05) is 14.0 Å². The monoisotopic (exact) mass is 257 g/mol. The lowest BCUT2D eigenvalue weighted by Gasteiger charge is -2.05. The van der Waals surface area contributed by atoms with Crippen molar-refractivity contribution >= 4 is 17.7 Å². The van der Waals surface area contributed by atoms with Crippen molar-refractivity contribution in [3.63, 3.8) is 0 Å². The zero-order valence-corrected chi connectivity index (χ0v) is 11.4. The standard InChI is InChI=1S/C12H20ClN3O/c1-9-11(12(13)16(2)15-9)7-10(8-17-3)5-4-6-14/h7H,4-6,8,14H2,1-3H3. The number of nitrogens with two attached hydrogens (primary N) is 1. The molecule has 0 radical (unpaired) electrons. The third-order valence-corrected chi connectivity index (χ3v) is 3.02. The van der Waals surface area contributed by atoms with E-state index in [1.165, 1.54) is 5.57 Å². The second-order valence-corrected chi connectivity index (χ2v) is 4.40. The zero-order valence-electron chi connectivity index (χ0n) is 10.7. The Morgan fingerprint density at radius 3 is 2.76 bits per heavy atom. The summed E-state index contributed by atoms with van der Waals surface area (Å²) in [4.78, 5) is 0. The molecule has 0 aliphatic heterocycles. The van der Waals surface area contributed by atoms with Gasteiger partial charge in [-0.3, -0.25) is 4.68 Å². The summed E-state index contributed by atoms with van der Waals surface area (Å²) in [6, 6.07) is 0. The van der Waals surface area contributed by atoms with Crippen molar-refractivity contribution in [2.45, 2.75) is 19.8 Å². The van der Waals surface area contributed by atoms with Crippen LogP contribution in [0.25, 0.3) is 6.08 Å². The lowest BCUT2D eigenvalue weighted by molar-refractivity contribution is 0.223. The molecule has 0 aliphatic rings. The van der Waals surface area contributed by atoms with Gasteiger partial charge in [0.15, 0.2) is 0 Å². The molecule has 5 heteroatoms. The molecule has 17 heavy (non-hydrogen) atoms. The first-order valence-corrected chi connectivity index (χ1v) is 6.05. The Kier molecular flexibility index (Phi) is 5.68. The fourth-order valence-corrected chi connectivity index (χ4v) is 1.94. The van der Waals surface area contributed by atoms with Crippen molar-refractivity contribution < 1.29 is 4.74 Å². The third kappa shape index (κ3) is 3.84. The summed E-state index contributed by atoms with van der Waals surface area (Å²) in [6.07, 6.45) is 3.94. The van der Waals surface area contributed by atoms with Gasteiger partial charge in [-0.2, -0.15) is 5.10 Å². The molecule has 0 unspecified atom stereocenters. The zero-order chi connectivity index (χ0) is 12.8. The molecule has 0 aliphatic carbocycles. The molecular formula is C12H20ClN3O. The molecule has 96 valence electrons. The smallest absolute Gasteiger partial charge is 0.134 e. The Morgan fingerprint density at radius 1 is 1.59 bits per heavy atom. The van der Waals surface area contributed by atoms with Gasteiger partial charge in [0.2, 0.25) is 0 Å². The van der Waals surface area contributed by atoms with Crippen molar-refractivity contribution in [2.75, 3.05) is 20.3 Å². The third-order valence-electron chi connectivity index (χ3n) is 2.58. The molecule has 0 fully saturated rings. The second-order valence-electron chi connectivity index (χ2n) is 4.04. The number of methoxy groups -OCH3 is 1. The van der Waals surface area contributed by atoms with Crippen molar-refractivity contribution in [3.8, 4) is 0 Å². The van der Waals surface area contributed by atoms with Gasteiger partial charge in [0.1, 0.15) is 5.15 Å². The maximum absolute atomic E-state index is 6.18. The molecule has 1 aromatic heterocycles. The van der Waals surface area contributed by atoms with Crippen LogP contribution in [0.15, 0.2) is 5.57 Å². The number of halogens is 1. The first-order valence-electron chi connectivity index (χ1n) is 5.67. The summed E-state index contributed by atoms with van der Waals surface area (Å²) in [5.41, 5.74) is 8.61. The van der Waals surface area contributed by atoms with Crippen molar-refractivity contribution in [2.24, 2.45) is 12.8 Å². The van der Waals surface area contributed by atoms with E-state index < -0.39 is 0 Å². The molecule has 4 nitrogen and oxygen atoms in total. The number of rotatable bonds is 6. The van der Waals surface area contributed by atoms with Crippen molar-refractivity contribution in [1.29, 1.82) is 0 Å². The van der Waals surface area contributed by atoms with Gasteiger partial charge < -0.3 is 10.5 Å². The molecule has 0 saturated carbocycles. The van der Waals surface area contributed by atoms with Crippen molar-refractivity contribution in [3.05, 3.63) is 22.0 Å². The van der Waals surface area contributed by atoms with Crippen molar-refractivity contribution in [1.82, 2.24) is 9.78 Å². The van der Waals surface area contributed by atoms with Crippen LogP contribution in [0.5, 0.6) is 0 Å². The summed E-state index contributed by atoms with van der Waals surface area (Å²) in [5.74, 6) is 0. The molecule has 0 saturated heterocycles. The molecule has 1 aromatic rings. The summed E-state index contributed by atoms with van der Waals surface area (Å²) in [6.45, 7) is 3.23. The second kappa shape index (κ2) is 6.79. The van der Waals surface area contributed by atoms with Crippen LogP contribution >= 0.6 is 11.6 Å². The van der Waals surface area contributed by atoms with E-state index in [0.717, 1.165) is 24.1 Å². The average molecular weight is 258 g/mol. The number of hydrogen-bond acceptors (Lipinski definition) is 3. The molecule has 2 N–H and O–H groups in total. The highest BCUT2D eigenvalue weighted by Gasteiger charge is 2.09. The van der Waals surface area contributed by atoms with E-state index in [0.29, 0.717) is 18.3 Å². The summed E-state index contributed by atoms with van der Waals surface area (Å²) >= 11 is 6.18. The van der Waals surface area contributed by atoms with Crippen LogP contribution in [0, 0.1) is 6.92 Å². The Balaban J connectivity index is 2.94. The van der Waals surface area contributed by atoms with Crippen LogP contribution in [-0.2, 0) is 11.8 Å². The summed E-state index contributed by atoms with van der Waals surface area (Å²) in [7, 11) is 3.52. The number of hydrogen-bond donors (Lipinski definition) is 1. The predicted octanol–water partition coefficient (Wildman–Crippen LogP) is 2.15. The molecule has 0 amide bonds. The van der Waals surface area contributed by atoms with E-state index >= 15 is 0 Å².